The van der Waals surface area contributed by atoms with Crippen molar-refractivity contribution < 1.29 is 29.6 Å². The predicted molar refractivity (Wildman–Crippen MR) is 78.8 cm³/mol. The van der Waals surface area contributed by atoms with Gasteiger partial charge in [-0.15, -0.1) is 0 Å². The number of benzene rings is 1. The van der Waals surface area contributed by atoms with E-state index < -0.39 is 28.6 Å². The van der Waals surface area contributed by atoms with Crippen LogP contribution in [0.25, 0.3) is 0 Å². The molecule has 0 aliphatic carbocycles. The lowest BCUT2D eigenvalue weighted by Crippen LogP contribution is -2.31. The molecule has 0 saturated heterocycles. The third kappa shape index (κ3) is 4.28. The summed E-state index contributed by atoms with van der Waals surface area (Å²) in [5.41, 5.74) is -0.591. The quantitative estimate of drug-likeness (QED) is 0.359. The lowest BCUT2D eigenvalue weighted by atomic mass is 9.91. The Morgan fingerprint density at radius 3 is 2.23 bits per heavy atom. The van der Waals surface area contributed by atoms with Gasteiger partial charge in [0.25, 0.3) is 5.91 Å². The minimum Gasteiger partial charge on any atom is -0.504 e. The van der Waals surface area contributed by atoms with Gasteiger partial charge in [-0.05, 0) is 32.4 Å². The number of esters is 1. The van der Waals surface area contributed by atoms with Crippen LogP contribution in [0, 0.1) is 5.41 Å². The molecule has 0 aliphatic rings. The summed E-state index contributed by atoms with van der Waals surface area (Å²) in [4.78, 5) is 23.5. The molecule has 1 rings (SSSR count). The van der Waals surface area contributed by atoms with Crippen molar-refractivity contribution in [3.63, 3.8) is 0 Å². The van der Waals surface area contributed by atoms with Crippen molar-refractivity contribution in [1.82, 2.24) is 5.32 Å². The number of phenolic OH excluding ortho intramolecular Hbond substituents is 3. The number of rotatable bonds is 6. The molecule has 0 spiro atoms. The monoisotopic (exact) mass is 311 g/mol. The minimum atomic E-state index is -0.688. The van der Waals surface area contributed by atoms with Crippen LogP contribution in [0.15, 0.2) is 12.1 Å². The van der Waals surface area contributed by atoms with E-state index in [0.29, 0.717) is 6.42 Å². The summed E-state index contributed by atoms with van der Waals surface area (Å²) in [6, 6.07) is 2.05. The number of ether oxygens (including phenoxy) is 1. The van der Waals surface area contributed by atoms with Crippen LogP contribution >= 0.6 is 0 Å². The van der Waals surface area contributed by atoms with Crippen molar-refractivity contribution in [2.24, 2.45) is 5.41 Å². The van der Waals surface area contributed by atoms with Crippen LogP contribution in [-0.4, -0.2) is 40.3 Å². The second-order valence-electron chi connectivity index (χ2n) is 5.49. The molecule has 1 aromatic carbocycles. The molecule has 0 aliphatic heterocycles. The summed E-state index contributed by atoms with van der Waals surface area (Å²) in [5, 5.41) is 30.3. The topological polar surface area (TPSA) is 116 Å². The highest BCUT2D eigenvalue weighted by atomic mass is 16.5. The highest BCUT2D eigenvalue weighted by molar-refractivity contribution is 5.95. The highest BCUT2D eigenvalue weighted by Gasteiger charge is 2.26. The first-order valence-corrected chi connectivity index (χ1v) is 6.89. The van der Waals surface area contributed by atoms with Crippen LogP contribution < -0.4 is 5.32 Å². The molecule has 22 heavy (non-hydrogen) atoms. The van der Waals surface area contributed by atoms with Gasteiger partial charge < -0.3 is 25.4 Å². The molecule has 1 aromatic rings. The Bertz CT molecular complexity index is 544. The third-order valence-corrected chi connectivity index (χ3v) is 3.39. The van der Waals surface area contributed by atoms with Crippen molar-refractivity contribution in [2.75, 3.05) is 13.2 Å². The smallest absolute Gasteiger partial charge is 0.311 e. The zero-order chi connectivity index (χ0) is 16.9. The second kappa shape index (κ2) is 7.02. The van der Waals surface area contributed by atoms with Crippen molar-refractivity contribution in [1.29, 1.82) is 0 Å². The zero-order valence-electron chi connectivity index (χ0n) is 12.8. The normalized spacial score (nSPS) is 11.0. The maximum atomic E-state index is 11.8. The molecule has 0 bridgehead atoms. The fourth-order valence-corrected chi connectivity index (χ4v) is 1.49. The van der Waals surface area contributed by atoms with E-state index in [9.17, 15) is 24.9 Å². The number of carbonyl (C=O) groups is 2. The molecule has 0 aromatic heterocycles. The molecule has 4 N–H and O–H groups in total. The number of amides is 1. The Kier molecular flexibility index (Phi) is 5.62. The summed E-state index contributed by atoms with van der Waals surface area (Å²) in [6.45, 7) is 5.54. The fraction of sp³-hybridized carbons (Fsp3) is 0.467. The molecule has 0 saturated carbocycles. The lowest BCUT2D eigenvalue weighted by Gasteiger charge is -2.20. The first kappa shape index (κ1) is 17.6. The number of hydrogen-bond acceptors (Lipinski definition) is 6. The standard InChI is InChI=1S/C15H21NO6/c1-4-15(2,3)14(21)22-6-5-16-13(20)9-7-10(17)12(19)11(18)8-9/h7-8,17-19H,4-6H2,1-3H3,(H,16,20). The van der Waals surface area contributed by atoms with E-state index in [-0.39, 0.29) is 24.7 Å². The maximum Gasteiger partial charge on any atom is 0.311 e. The minimum absolute atomic E-state index is 0.0179. The van der Waals surface area contributed by atoms with Crippen LogP contribution in [0.2, 0.25) is 0 Å². The van der Waals surface area contributed by atoms with Crippen molar-refractivity contribution in [2.45, 2.75) is 27.2 Å². The SMILES string of the molecule is CCC(C)(C)C(=O)OCCNC(=O)c1cc(O)c(O)c(O)c1. The molecule has 122 valence electrons. The van der Waals surface area contributed by atoms with E-state index in [2.05, 4.69) is 5.32 Å². The summed E-state index contributed by atoms with van der Waals surface area (Å²) < 4.78 is 5.06. The average Bonchev–Trinajstić information content (AvgIpc) is 2.47. The maximum absolute atomic E-state index is 11.8. The van der Waals surface area contributed by atoms with Crippen LogP contribution in [-0.2, 0) is 9.53 Å². The van der Waals surface area contributed by atoms with E-state index in [1.165, 1.54) is 0 Å². The number of aromatic hydroxyl groups is 3. The lowest BCUT2D eigenvalue weighted by molar-refractivity contribution is -0.153. The highest BCUT2D eigenvalue weighted by Crippen LogP contribution is 2.35. The van der Waals surface area contributed by atoms with Gasteiger partial charge in [0.15, 0.2) is 17.2 Å². The van der Waals surface area contributed by atoms with Gasteiger partial charge in [-0.3, -0.25) is 9.59 Å². The molecular weight excluding hydrogens is 290 g/mol. The molecule has 0 fully saturated rings. The van der Waals surface area contributed by atoms with Gasteiger partial charge in [-0.25, -0.2) is 0 Å². The Morgan fingerprint density at radius 2 is 1.73 bits per heavy atom. The Labute approximate surface area is 128 Å². The van der Waals surface area contributed by atoms with Gasteiger partial charge in [-0.2, -0.15) is 0 Å². The number of nitrogens with one attached hydrogen (secondary N) is 1. The van der Waals surface area contributed by atoms with Gasteiger partial charge in [0, 0.05) is 5.56 Å². The van der Waals surface area contributed by atoms with Crippen molar-refractivity contribution in [3.05, 3.63) is 17.7 Å². The van der Waals surface area contributed by atoms with Crippen LogP contribution in [0.3, 0.4) is 0 Å². The molecular formula is C15H21NO6. The van der Waals surface area contributed by atoms with Gasteiger partial charge in [0.2, 0.25) is 0 Å². The molecule has 7 heteroatoms. The van der Waals surface area contributed by atoms with Crippen molar-refractivity contribution in [3.8, 4) is 17.2 Å². The summed E-state index contributed by atoms with van der Waals surface area (Å²) >= 11 is 0. The molecule has 0 radical (unpaired) electrons. The number of phenols is 3. The van der Waals surface area contributed by atoms with E-state index >= 15 is 0 Å². The Hall–Kier alpha value is -2.44. The zero-order valence-corrected chi connectivity index (χ0v) is 12.8. The largest absolute Gasteiger partial charge is 0.504 e. The molecule has 0 unspecified atom stereocenters. The van der Waals surface area contributed by atoms with Gasteiger partial charge >= 0.3 is 5.97 Å². The Morgan fingerprint density at radius 1 is 1.18 bits per heavy atom. The van der Waals surface area contributed by atoms with Crippen LogP contribution in [0.5, 0.6) is 17.2 Å². The molecule has 0 heterocycles. The van der Waals surface area contributed by atoms with Crippen LogP contribution in [0.1, 0.15) is 37.6 Å². The third-order valence-electron chi connectivity index (χ3n) is 3.39. The van der Waals surface area contributed by atoms with E-state index in [1.54, 1.807) is 13.8 Å². The van der Waals surface area contributed by atoms with Gasteiger partial charge in [0.1, 0.15) is 6.61 Å². The molecule has 1 amide bonds. The Balaban J connectivity index is 2.49. The molecule has 0 atom stereocenters. The second-order valence-corrected chi connectivity index (χ2v) is 5.49. The van der Waals surface area contributed by atoms with Gasteiger partial charge in [0.05, 0.1) is 12.0 Å². The van der Waals surface area contributed by atoms with E-state index in [0.717, 1.165) is 12.1 Å². The number of carbonyl (C=O) groups excluding carboxylic acids is 2. The van der Waals surface area contributed by atoms with Crippen molar-refractivity contribution >= 4 is 11.9 Å². The fourth-order valence-electron chi connectivity index (χ4n) is 1.49. The van der Waals surface area contributed by atoms with E-state index in [4.69, 9.17) is 4.74 Å². The van der Waals surface area contributed by atoms with Crippen LogP contribution in [0.4, 0.5) is 0 Å². The summed E-state index contributed by atoms with van der Waals surface area (Å²) in [5.74, 6) is -2.80. The predicted octanol–water partition coefficient (Wildman–Crippen LogP) is 1.51. The summed E-state index contributed by atoms with van der Waals surface area (Å²) in [6.07, 6.45) is 0.643. The average molecular weight is 311 g/mol. The first-order valence-electron chi connectivity index (χ1n) is 6.89. The van der Waals surface area contributed by atoms with E-state index in [1.807, 2.05) is 6.92 Å². The first-order chi connectivity index (χ1) is 10.2. The number of hydrogen-bond donors (Lipinski definition) is 4. The summed E-state index contributed by atoms with van der Waals surface area (Å²) in [7, 11) is 0. The van der Waals surface area contributed by atoms with Gasteiger partial charge in [-0.1, -0.05) is 6.92 Å². The molecule has 7 nitrogen and oxygen atoms in total.